The van der Waals surface area contributed by atoms with Crippen LogP contribution < -0.4 is 10.1 Å². The Kier molecular flexibility index (Phi) is 5.79. The number of ether oxygens (including phenoxy) is 2. The Morgan fingerprint density at radius 1 is 1.20 bits per heavy atom. The van der Waals surface area contributed by atoms with Crippen LogP contribution in [0.3, 0.4) is 0 Å². The minimum atomic E-state index is -0.784. The lowest BCUT2D eigenvalue weighted by atomic mass is 9.73. The van der Waals surface area contributed by atoms with Crippen molar-refractivity contribution in [1.29, 1.82) is 0 Å². The van der Waals surface area contributed by atoms with E-state index in [9.17, 15) is 9.90 Å². The zero-order chi connectivity index (χ0) is 21.1. The maximum atomic E-state index is 13.4. The molecule has 1 aliphatic rings. The van der Waals surface area contributed by atoms with Gasteiger partial charge in [-0.2, -0.15) is 0 Å². The van der Waals surface area contributed by atoms with E-state index in [4.69, 9.17) is 9.47 Å². The Labute approximate surface area is 176 Å². The molecule has 4 rings (SSSR count). The number of amides is 1. The van der Waals surface area contributed by atoms with E-state index in [0.717, 1.165) is 27.8 Å². The number of aliphatic hydroxyl groups is 1. The molecule has 0 unspecified atom stereocenters. The SMILES string of the molecule is COc1ccc(C2(C(=O)NC[C@@H](O)c3cn(C)c4ccccc34)CCOCC2)cc1. The summed E-state index contributed by atoms with van der Waals surface area (Å²) in [5, 5.41) is 14.8. The van der Waals surface area contributed by atoms with Gasteiger partial charge in [0.15, 0.2) is 0 Å². The van der Waals surface area contributed by atoms with Crippen LogP contribution in [0.4, 0.5) is 0 Å². The summed E-state index contributed by atoms with van der Waals surface area (Å²) in [5.74, 6) is 0.683. The van der Waals surface area contributed by atoms with Gasteiger partial charge < -0.3 is 24.5 Å². The number of nitrogens with zero attached hydrogens (tertiary/aromatic N) is 1. The molecule has 1 aromatic heterocycles. The minimum absolute atomic E-state index is 0.0738. The van der Waals surface area contributed by atoms with Gasteiger partial charge in [0.1, 0.15) is 5.75 Å². The first kappa shape index (κ1) is 20.4. The predicted octanol–water partition coefficient (Wildman–Crippen LogP) is 3.08. The maximum Gasteiger partial charge on any atom is 0.230 e. The Morgan fingerprint density at radius 3 is 2.60 bits per heavy atom. The second-order valence-electron chi connectivity index (χ2n) is 7.86. The number of rotatable bonds is 6. The number of carbonyl (C=O) groups is 1. The highest BCUT2D eigenvalue weighted by Gasteiger charge is 2.41. The molecule has 2 aromatic carbocycles. The van der Waals surface area contributed by atoms with Gasteiger partial charge in [-0.25, -0.2) is 0 Å². The van der Waals surface area contributed by atoms with Crippen LogP contribution in [0, 0.1) is 0 Å². The zero-order valence-corrected chi connectivity index (χ0v) is 17.4. The van der Waals surface area contributed by atoms with Crippen LogP contribution >= 0.6 is 0 Å². The standard InChI is InChI=1S/C24H28N2O4/c1-26-16-20(19-5-3-4-6-21(19)26)22(27)15-25-23(28)24(11-13-30-14-12-24)17-7-9-18(29-2)10-8-17/h3-10,16,22,27H,11-15H2,1-2H3,(H,25,28)/t22-/m1/s1. The molecule has 0 saturated carbocycles. The summed E-state index contributed by atoms with van der Waals surface area (Å²) in [4.78, 5) is 13.4. The van der Waals surface area contributed by atoms with Crippen molar-refractivity contribution in [2.45, 2.75) is 24.4 Å². The summed E-state index contributed by atoms with van der Waals surface area (Å²) < 4.78 is 12.8. The number of nitrogens with one attached hydrogen (secondary N) is 1. The molecule has 1 atom stereocenters. The number of aromatic nitrogens is 1. The van der Waals surface area contributed by atoms with E-state index in [0.29, 0.717) is 26.1 Å². The van der Waals surface area contributed by atoms with Crippen LogP contribution in [0.15, 0.2) is 54.7 Å². The lowest BCUT2D eigenvalue weighted by molar-refractivity contribution is -0.131. The number of fused-ring (bicyclic) bond motifs is 1. The molecule has 2 N–H and O–H groups in total. The average Bonchev–Trinajstić information content (AvgIpc) is 3.14. The molecule has 3 aromatic rings. The predicted molar refractivity (Wildman–Crippen MR) is 116 cm³/mol. The van der Waals surface area contributed by atoms with E-state index in [1.54, 1.807) is 7.11 Å². The quantitative estimate of drug-likeness (QED) is 0.658. The monoisotopic (exact) mass is 408 g/mol. The van der Waals surface area contributed by atoms with Crippen molar-refractivity contribution >= 4 is 16.8 Å². The van der Waals surface area contributed by atoms with Gasteiger partial charge in [0, 0.05) is 49.5 Å². The zero-order valence-electron chi connectivity index (χ0n) is 17.4. The van der Waals surface area contributed by atoms with Crippen LogP contribution in [0.1, 0.15) is 30.1 Å². The van der Waals surface area contributed by atoms with E-state index >= 15 is 0 Å². The van der Waals surface area contributed by atoms with Gasteiger partial charge in [-0.05, 0) is 36.6 Å². The number of para-hydroxylation sites is 1. The van der Waals surface area contributed by atoms with E-state index in [2.05, 4.69) is 5.32 Å². The molecular formula is C24H28N2O4. The molecule has 30 heavy (non-hydrogen) atoms. The van der Waals surface area contributed by atoms with Crippen LogP contribution in [-0.4, -0.2) is 42.4 Å². The number of hydrogen-bond donors (Lipinski definition) is 2. The first-order chi connectivity index (χ1) is 14.5. The normalized spacial score (nSPS) is 16.9. The third-order valence-corrected chi connectivity index (χ3v) is 6.17. The second kappa shape index (κ2) is 8.50. The topological polar surface area (TPSA) is 72.7 Å². The number of benzene rings is 2. The number of carbonyl (C=O) groups excluding carboxylic acids is 1. The summed E-state index contributed by atoms with van der Waals surface area (Å²) in [5.41, 5.74) is 2.16. The van der Waals surface area contributed by atoms with Crippen LogP contribution in [0.5, 0.6) is 5.75 Å². The van der Waals surface area contributed by atoms with Crippen molar-refractivity contribution in [3.8, 4) is 5.75 Å². The Morgan fingerprint density at radius 2 is 1.90 bits per heavy atom. The fourth-order valence-electron chi connectivity index (χ4n) is 4.38. The first-order valence-corrected chi connectivity index (χ1v) is 10.3. The molecule has 2 heterocycles. The number of methoxy groups -OCH3 is 1. The Bertz CT molecular complexity index is 1020. The number of hydrogen-bond acceptors (Lipinski definition) is 4. The summed E-state index contributed by atoms with van der Waals surface area (Å²) in [6.07, 6.45) is 2.35. The molecule has 0 spiro atoms. The van der Waals surface area contributed by atoms with E-state index in [1.165, 1.54) is 0 Å². The van der Waals surface area contributed by atoms with Gasteiger partial charge in [0.25, 0.3) is 0 Å². The van der Waals surface area contributed by atoms with Crippen molar-refractivity contribution in [3.63, 3.8) is 0 Å². The Balaban J connectivity index is 1.54. The largest absolute Gasteiger partial charge is 0.497 e. The first-order valence-electron chi connectivity index (χ1n) is 10.3. The molecule has 158 valence electrons. The molecule has 1 fully saturated rings. The summed E-state index contributed by atoms with van der Waals surface area (Å²) in [6, 6.07) is 15.6. The number of aliphatic hydroxyl groups excluding tert-OH is 1. The number of aryl methyl sites for hydroxylation is 1. The van der Waals surface area contributed by atoms with E-state index < -0.39 is 11.5 Å². The highest BCUT2D eigenvalue weighted by atomic mass is 16.5. The molecule has 0 bridgehead atoms. The Hall–Kier alpha value is -2.83. The molecule has 0 aliphatic carbocycles. The average molecular weight is 408 g/mol. The smallest absolute Gasteiger partial charge is 0.230 e. The molecule has 6 nitrogen and oxygen atoms in total. The highest BCUT2D eigenvalue weighted by Crippen LogP contribution is 2.36. The molecule has 0 radical (unpaired) electrons. The van der Waals surface area contributed by atoms with Crippen molar-refractivity contribution in [2.75, 3.05) is 26.9 Å². The minimum Gasteiger partial charge on any atom is -0.497 e. The van der Waals surface area contributed by atoms with Gasteiger partial charge in [0.2, 0.25) is 5.91 Å². The van der Waals surface area contributed by atoms with E-state index in [1.807, 2.05) is 66.3 Å². The summed E-state index contributed by atoms with van der Waals surface area (Å²) in [6.45, 7) is 1.22. The molecule has 6 heteroatoms. The van der Waals surface area contributed by atoms with Gasteiger partial charge in [-0.15, -0.1) is 0 Å². The highest BCUT2D eigenvalue weighted by molar-refractivity contribution is 5.89. The van der Waals surface area contributed by atoms with Gasteiger partial charge in [0.05, 0.1) is 18.6 Å². The lowest BCUT2D eigenvalue weighted by Crippen LogP contribution is -2.48. The van der Waals surface area contributed by atoms with Crippen molar-refractivity contribution in [2.24, 2.45) is 7.05 Å². The summed E-state index contributed by atoms with van der Waals surface area (Å²) in [7, 11) is 3.58. The van der Waals surface area contributed by atoms with Gasteiger partial charge >= 0.3 is 0 Å². The third-order valence-electron chi connectivity index (χ3n) is 6.17. The fourth-order valence-corrected chi connectivity index (χ4v) is 4.38. The molecule has 1 aliphatic heterocycles. The van der Waals surface area contributed by atoms with Crippen molar-refractivity contribution in [3.05, 3.63) is 65.9 Å². The van der Waals surface area contributed by atoms with E-state index in [-0.39, 0.29) is 12.5 Å². The fraction of sp³-hybridized carbons (Fsp3) is 0.375. The maximum absolute atomic E-state index is 13.4. The molecule has 1 saturated heterocycles. The molecule has 1 amide bonds. The van der Waals surface area contributed by atoms with Crippen molar-refractivity contribution < 1.29 is 19.4 Å². The lowest BCUT2D eigenvalue weighted by Gasteiger charge is -2.36. The third kappa shape index (κ3) is 3.68. The summed E-state index contributed by atoms with van der Waals surface area (Å²) >= 11 is 0. The van der Waals surface area contributed by atoms with Crippen molar-refractivity contribution in [1.82, 2.24) is 9.88 Å². The van der Waals surface area contributed by atoms with Gasteiger partial charge in [-0.1, -0.05) is 30.3 Å². The van der Waals surface area contributed by atoms with Gasteiger partial charge in [-0.3, -0.25) is 4.79 Å². The molecular weight excluding hydrogens is 380 g/mol. The second-order valence-corrected chi connectivity index (χ2v) is 7.86. The van der Waals surface area contributed by atoms with Crippen LogP contribution in [0.25, 0.3) is 10.9 Å². The van der Waals surface area contributed by atoms with Crippen LogP contribution in [-0.2, 0) is 22.0 Å². The van der Waals surface area contributed by atoms with Crippen LogP contribution in [0.2, 0.25) is 0 Å².